The zero-order valence-electron chi connectivity index (χ0n) is 19.9. The Balaban J connectivity index is 1.65. The lowest BCUT2D eigenvalue weighted by Crippen LogP contribution is -2.38. The minimum Gasteiger partial charge on any atom is -0.258 e. The van der Waals surface area contributed by atoms with E-state index in [1.165, 1.54) is 94.0 Å². The summed E-state index contributed by atoms with van der Waals surface area (Å²) < 4.78 is 2.27. The molecular weight excluding hydrogens is 386 g/mol. The highest BCUT2D eigenvalue weighted by atomic mass is 16.6. The summed E-state index contributed by atoms with van der Waals surface area (Å²) in [7, 11) is 0. The van der Waals surface area contributed by atoms with Crippen molar-refractivity contribution in [2.75, 3.05) is 0 Å². The number of aromatic amines is 1. The molecule has 0 fully saturated rings. The molecular formula is C26H42N3O2+. The molecule has 0 spiro atoms. The lowest BCUT2D eigenvalue weighted by atomic mass is 10.0. The fourth-order valence-corrected chi connectivity index (χ4v) is 4.32. The molecule has 0 aliphatic carbocycles. The molecule has 1 aromatic carbocycles. The molecule has 0 saturated carbocycles. The summed E-state index contributed by atoms with van der Waals surface area (Å²) in [6.07, 6.45) is 17.2. The number of aryl methyl sites for hydroxylation is 2. The summed E-state index contributed by atoms with van der Waals surface area (Å²) in [4.78, 5) is 10.5. The van der Waals surface area contributed by atoms with Gasteiger partial charge in [-0.3, -0.25) is 10.1 Å². The number of nitro benzene ring substituents is 1. The third kappa shape index (κ3) is 8.84. The van der Waals surface area contributed by atoms with Crippen molar-refractivity contribution in [3.8, 4) is 0 Å². The number of aromatic nitrogens is 2. The summed E-state index contributed by atoms with van der Waals surface area (Å²) in [5, 5.41) is 14.3. The maximum Gasteiger partial charge on any atom is 0.269 e. The molecule has 31 heavy (non-hydrogen) atoms. The minimum absolute atomic E-state index is 0.147. The Morgan fingerprint density at radius 2 is 1.35 bits per heavy atom. The van der Waals surface area contributed by atoms with Gasteiger partial charge in [0.15, 0.2) is 6.54 Å². The van der Waals surface area contributed by atoms with Gasteiger partial charge in [-0.15, -0.1) is 4.68 Å². The van der Waals surface area contributed by atoms with Crippen LogP contribution in [0.1, 0.15) is 106 Å². The molecule has 1 N–H and O–H groups in total. The standard InChI is InChI=1S/C26H41N3O2/c1-4-5-6-7-8-9-10-11-12-13-14-15-20-28-23(3)26(22(2)27-28)21-24-16-18-25(19-17-24)29(30)31/h16-19H,4-15,20-21H2,1-3H3/p+1. The summed E-state index contributed by atoms with van der Waals surface area (Å²) in [6.45, 7) is 7.60. The summed E-state index contributed by atoms with van der Waals surface area (Å²) in [6, 6.07) is 6.90. The Kier molecular flexibility index (Phi) is 11.3. The average molecular weight is 429 g/mol. The van der Waals surface area contributed by atoms with Crippen molar-refractivity contribution in [2.24, 2.45) is 0 Å². The van der Waals surface area contributed by atoms with Crippen molar-refractivity contribution in [1.29, 1.82) is 0 Å². The minimum atomic E-state index is -0.348. The first-order chi connectivity index (χ1) is 15.0. The molecule has 0 bridgehead atoms. The van der Waals surface area contributed by atoms with Crippen molar-refractivity contribution in [1.82, 2.24) is 5.10 Å². The van der Waals surface area contributed by atoms with Crippen molar-refractivity contribution in [2.45, 2.75) is 111 Å². The molecule has 1 heterocycles. The monoisotopic (exact) mass is 428 g/mol. The second-order valence-corrected chi connectivity index (χ2v) is 8.94. The first-order valence-corrected chi connectivity index (χ1v) is 12.3. The van der Waals surface area contributed by atoms with Gasteiger partial charge in [0.2, 0.25) is 5.69 Å². The maximum atomic E-state index is 10.8. The van der Waals surface area contributed by atoms with E-state index in [2.05, 4.69) is 30.6 Å². The Morgan fingerprint density at radius 1 is 0.839 bits per heavy atom. The molecule has 0 unspecified atom stereocenters. The van der Waals surface area contributed by atoms with Gasteiger partial charge < -0.3 is 0 Å². The fourth-order valence-electron chi connectivity index (χ4n) is 4.32. The van der Waals surface area contributed by atoms with Crippen LogP contribution in [0.2, 0.25) is 0 Å². The van der Waals surface area contributed by atoms with Crippen molar-refractivity contribution >= 4 is 5.69 Å². The van der Waals surface area contributed by atoms with Crippen LogP contribution in [0, 0.1) is 24.0 Å². The third-order valence-corrected chi connectivity index (χ3v) is 6.36. The number of hydrogen-bond acceptors (Lipinski definition) is 2. The topological polar surface area (TPSA) is 62.8 Å². The number of benzene rings is 1. The number of H-pyrrole nitrogens is 1. The van der Waals surface area contributed by atoms with Crippen LogP contribution in [0.3, 0.4) is 0 Å². The van der Waals surface area contributed by atoms with Crippen molar-refractivity contribution in [3.63, 3.8) is 0 Å². The van der Waals surface area contributed by atoms with Crippen LogP contribution in [0.5, 0.6) is 0 Å². The Hall–Kier alpha value is -2.17. The molecule has 0 aliphatic heterocycles. The van der Waals surface area contributed by atoms with E-state index in [0.717, 1.165) is 18.5 Å². The SMILES string of the molecule is CCCCCCCCCCCCCC[n+]1[nH]c(C)c(Cc2ccc([N+](=O)[O-])cc2)c1C. The molecule has 0 aliphatic rings. The zero-order valence-corrected chi connectivity index (χ0v) is 19.9. The highest BCUT2D eigenvalue weighted by Crippen LogP contribution is 2.18. The largest absolute Gasteiger partial charge is 0.269 e. The molecule has 2 rings (SSSR count). The number of nitrogens with zero attached hydrogens (tertiary/aromatic N) is 2. The van der Waals surface area contributed by atoms with Gasteiger partial charge in [-0.2, -0.15) is 5.10 Å². The van der Waals surface area contributed by atoms with Gasteiger partial charge in [-0.25, -0.2) is 0 Å². The predicted molar refractivity (Wildman–Crippen MR) is 127 cm³/mol. The molecule has 5 heteroatoms. The number of hydrogen-bond donors (Lipinski definition) is 1. The molecule has 0 amide bonds. The second kappa shape index (κ2) is 14.0. The predicted octanol–water partition coefficient (Wildman–Crippen LogP) is 7.12. The highest BCUT2D eigenvalue weighted by molar-refractivity contribution is 5.36. The van der Waals surface area contributed by atoms with E-state index < -0.39 is 0 Å². The highest BCUT2D eigenvalue weighted by Gasteiger charge is 2.19. The average Bonchev–Trinajstić information content (AvgIpc) is 3.02. The lowest BCUT2D eigenvalue weighted by Gasteiger charge is -2.02. The smallest absolute Gasteiger partial charge is 0.258 e. The van der Waals surface area contributed by atoms with Crippen LogP contribution in [0.25, 0.3) is 0 Å². The molecule has 1 aromatic heterocycles. The summed E-state index contributed by atoms with van der Waals surface area (Å²) in [5.74, 6) is 0. The number of nitro groups is 1. The van der Waals surface area contributed by atoms with Gasteiger partial charge in [0.25, 0.3) is 5.69 Å². The maximum absolute atomic E-state index is 10.8. The summed E-state index contributed by atoms with van der Waals surface area (Å²) >= 11 is 0. The molecule has 172 valence electrons. The van der Waals surface area contributed by atoms with Gasteiger partial charge >= 0.3 is 0 Å². The zero-order chi connectivity index (χ0) is 22.5. The first kappa shape index (κ1) is 25.1. The number of nitrogens with one attached hydrogen (secondary N) is 1. The molecule has 2 aromatic rings. The second-order valence-electron chi connectivity index (χ2n) is 8.94. The van der Waals surface area contributed by atoms with Gasteiger partial charge in [0.05, 0.1) is 10.6 Å². The quantitative estimate of drug-likeness (QED) is 0.134. The summed E-state index contributed by atoms with van der Waals surface area (Å²) in [5.41, 5.74) is 5.02. The molecule has 0 radical (unpaired) electrons. The Labute approximate surface area is 188 Å². The number of rotatable bonds is 16. The fraction of sp³-hybridized carbons (Fsp3) is 0.654. The van der Waals surface area contributed by atoms with E-state index in [0.29, 0.717) is 0 Å². The van der Waals surface area contributed by atoms with Crippen LogP contribution in [0.4, 0.5) is 5.69 Å². The van der Waals surface area contributed by atoms with Crippen LogP contribution in [-0.2, 0) is 13.0 Å². The van der Waals surface area contributed by atoms with Gasteiger partial charge in [0, 0.05) is 37.5 Å². The first-order valence-electron chi connectivity index (χ1n) is 12.3. The van der Waals surface area contributed by atoms with Crippen LogP contribution >= 0.6 is 0 Å². The number of unbranched alkanes of at least 4 members (excludes halogenated alkanes) is 11. The van der Waals surface area contributed by atoms with Crippen molar-refractivity contribution < 1.29 is 9.61 Å². The van der Waals surface area contributed by atoms with Gasteiger partial charge in [-0.1, -0.05) is 83.3 Å². The van der Waals surface area contributed by atoms with Crippen LogP contribution in [0.15, 0.2) is 24.3 Å². The van der Waals surface area contributed by atoms with Crippen molar-refractivity contribution in [3.05, 3.63) is 56.9 Å². The van der Waals surface area contributed by atoms with E-state index in [1.807, 2.05) is 12.1 Å². The van der Waals surface area contributed by atoms with Crippen LogP contribution in [-0.4, -0.2) is 10.0 Å². The Morgan fingerprint density at radius 3 is 1.87 bits per heavy atom. The van der Waals surface area contributed by atoms with E-state index in [1.54, 1.807) is 12.1 Å². The van der Waals surface area contributed by atoms with E-state index in [-0.39, 0.29) is 10.6 Å². The number of non-ortho nitro benzene ring substituents is 1. The van der Waals surface area contributed by atoms with Crippen LogP contribution < -0.4 is 4.68 Å². The third-order valence-electron chi connectivity index (χ3n) is 6.36. The van der Waals surface area contributed by atoms with E-state index in [9.17, 15) is 10.1 Å². The molecule has 0 atom stereocenters. The normalized spacial score (nSPS) is 11.2. The lowest BCUT2D eigenvalue weighted by molar-refractivity contribution is -0.756. The van der Waals surface area contributed by atoms with E-state index >= 15 is 0 Å². The van der Waals surface area contributed by atoms with E-state index in [4.69, 9.17) is 0 Å². The van der Waals surface area contributed by atoms with Gasteiger partial charge in [-0.05, 0) is 18.9 Å². The molecule has 0 saturated heterocycles. The Bertz CT molecular complexity index is 781. The van der Waals surface area contributed by atoms with Gasteiger partial charge in [0.1, 0.15) is 0 Å². The molecule has 5 nitrogen and oxygen atoms in total.